The normalized spacial score (nSPS) is 24.3. The molecule has 1 saturated carbocycles. The van der Waals surface area contributed by atoms with Gasteiger partial charge in [0.25, 0.3) is 11.6 Å². The fraction of sp³-hybridized carbons (Fsp3) is 0.250. The highest BCUT2D eigenvalue weighted by Gasteiger charge is 2.59. The van der Waals surface area contributed by atoms with Crippen molar-refractivity contribution >= 4 is 40.8 Å². The van der Waals surface area contributed by atoms with Gasteiger partial charge in [-0.15, -0.1) is 0 Å². The first kappa shape index (κ1) is 21.5. The maximum atomic E-state index is 13.0. The molecule has 0 aromatic heterocycles. The number of non-ortho nitro benzene ring substituents is 1. The minimum atomic E-state index is -0.808. The van der Waals surface area contributed by atoms with Gasteiger partial charge in [-0.25, -0.2) is 9.69 Å². The highest BCUT2D eigenvalue weighted by atomic mass is 16.6. The van der Waals surface area contributed by atoms with Gasteiger partial charge in [0, 0.05) is 17.8 Å². The molecular formula is C24H19N3O7. The highest BCUT2D eigenvalue weighted by Crippen LogP contribution is 2.53. The van der Waals surface area contributed by atoms with Gasteiger partial charge in [0.2, 0.25) is 11.8 Å². The molecule has 2 aromatic rings. The number of benzene rings is 2. The summed E-state index contributed by atoms with van der Waals surface area (Å²) in [4.78, 5) is 62.0. The average molecular weight is 461 g/mol. The second-order valence-electron chi connectivity index (χ2n) is 8.49. The maximum absolute atomic E-state index is 13.0. The van der Waals surface area contributed by atoms with Gasteiger partial charge in [0.1, 0.15) is 0 Å². The largest absolute Gasteiger partial charge is 0.452 e. The van der Waals surface area contributed by atoms with Crippen LogP contribution in [0.2, 0.25) is 0 Å². The number of anilines is 2. The predicted octanol–water partition coefficient (Wildman–Crippen LogP) is 2.70. The smallest absolute Gasteiger partial charge is 0.338 e. The Morgan fingerprint density at radius 2 is 1.71 bits per heavy atom. The topological polar surface area (TPSA) is 136 Å². The van der Waals surface area contributed by atoms with E-state index in [0.29, 0.717) is 5.69 Å². The standard InChI is InChI=1S/C24H19N3O7/c28-19(25-16-4-2-6-18(11-16)27(32)33)12-34-24(31)15-3-1-5-17(10-15)26-22(29)20-13-7-8-14(9-13)21(20)23(26)30/h1-8,10-11,13-14,20-21H,9,12H2,(H,25,28)/t13-,14-,20-,21-/m0/s1. The molecule has 0 spiro atoms. The molecule has 0 radical (unpaired) electrons. The number of carbonyl (C=O) groups is 4. The van der Waals surface area contributed by atoms with Gasteiger partial charge < -0.3 is 10.1 Å². The van der Waals surface area contributed by atoms with E-state index in [2.05, 4.69) is 5.32 Å². The van der Waals surface area contributed by atoms with E-state index in [1.54, 1.807) is 6.07 Å². The zero-order valence-electron chi connectivity index (χ0n) is 17.7. The molecule has 5 rings (SSSR count). The Balaban J connectivity index is 1.23. The number of hydrogen-bond donors (Lipinski definition) is 1. The monoisotopic (exact) mass is 461 g/mol. The van der Waals surface area contributed by atoms with Gasteiger partial charge in [-0.2, -0.15) is 0 Å². The first-order chi connectivity index (χ1) is 16.3. The summed E-state index contributed by atoms with van der Waals surface area (Å²) >= 11 is 0. The summed E-state index contributed by atoms with van der Waals surface area (Å²) in [5.74, 6) is -2.54. The fourth-order valence-corrected chi connectivity index (χ4v) is 5.04. The molecule has 1 heterocycles. The third kappa shape index (κ3) is 3.62. The lowest BCUT2D eigenvalue weighted by Gasteiger charge is -2.18. The van der Waals surface area contributed by atoms with Gasteiger partial charge in [0.05, 0.1) is 28.0 Å². The van der Waals surface area contributed by atoms with Crippen molar-refractivity contribution in [1.29, 1.82) is 0 Å². The lowest BCUT2D eigenvalue weighted by Crippen LogP contribution is -2.33. The van der Waals surface area contributed by atoms with Crippen molar-refractivity contribution in [1.82, 2.24) is 0 Å². The van der Waals surface area contributed by atoms with Crippen LogP contribution in [0.15, 0.2) is 60.7 Å². The molecular weight excluding hydrogens is 442 g/mol. The molecule has 0 unspecified atom stereocenters. The third-order valence-corrected chi connectivity index (χ3v) is 6.49. The van der Waals surface area contributed by atoms with Crippen LogP contribution < -0.4 is 10.2 Å². The van der Waals surface area contributed by atoms with E-state index in [1.165, 1.54) is 42.5 Å². The summed E-state index contributed by atoms with van der Waals surface area (Å²) in [7, 11) is 0. The number of allylic oxidation sites excluding steroid dienone is 2. The summed E-state index contributed by atoms with van der Waals surface area (Å²) in [6.45, 7) is -0.619. The van der Waals surface area contributed by atoms with E-state index < -0.39 is 23.4 Å². The van der Waals surface area contributed by atoms with Crippen LogP contribution in [0.25, 0.3) is 0 Å². The molecule has 3 aliphatic rings. The molecule has 4 atom stereocenters. The van der Waals surface area contributed by atoms with Gasteiger partial charge >= 0.3 is 5.97 Å². The molecule has 2 aromatic carbocycles. The number of carbonyl (C=O) groups excluding carboxylic acids is 4. The van der Waals surface area contributed by atoms with Gasteiger partial charge in [-0.3, -0.25) is 24.5 Å². The van der Waals surface area contributed by atoms with E-state index in [0.717, 1.165) is 11.3 Å². The van der Waals surface area contributed by atoms with Gasteiger partial charge in [0.15, 0.2) is 6.61 Å². The van der Waals surface area contributed by atoms with Crippen molar-refractivity contribution in [3.63, 3.8) is 0 Å². The Bertz CT molecular complexity index is 1240. The van der Waals surface area contributed by atoms with Crippen LogP contribution in [0.4, 0.5) is 17.1 Å². The number of nitrogens with one attached hydrogen (secondary N) is 1. The Morgan fingerprint density at radius 3 is 2.38 bits per heavy atom. The van der Waals surface area contributed by atoms with Crippen LogP contribution in [0.3, 0.4) is 0 Å². The summed E-state index contributed by atoms with van der Waals surface area (Å²) < 4.78 is 5.05. The number of imide groups is 1. The number of fused-ring (bicyclic) bond motifs is 5. The number of rotatable bonds is 6. The SMILES string of the molecule is O=C(COC(=O)c1cccc(N2C(=O)[C@@H]3[C@@H](C2=O)[C@H]2C=C[C@H]3C2)c1)Nc1cccc([N+](=O)[O-])c1. The highest BCUT2D eigenvalue weighted by molar-refractivity contribution is 6.23. The maximum Gasteiger partial charge on any atom is 0.338 e. The third-order valence-electron chi connectivity index (χ3n) is 6.49. The van der Waals surface area contributed by atoms with Crippen LogP contribution >= 0.6 is 0 Å². The molecule has 2 fully saturated rings. The van der Waals surface area contributed by atoms with E-state index in [4.69, 9.17) is 4.74 Å². The molecule has 3 amide bonds. The molecule has 1 saturated heterocycles. The minimum absolute atomic E-state index is 0.0779. The van der Waals surface area contributed by atoms with E-state index >= 15 is 0 Å². The number of esters is 1. The number of nitro groups is 1. The molecule has 34 heavy (non-hydrogen) atoms. The summed E-state index contributed by atoms with van der Waals surface area (Å²) in [6.07, 6.45) is 4.84. The molecule has 1 N–H and O–H groups in total. The summed E-state index contributed by atoms with van der Waals surface area (Å²) in [6, 6.07) is 11.3. The molecule has 172 valence electrons. The lowest BCUT2D eigenvalue weighted by molar-refractivity contribution is -0.384. The Labute approximate surface area is 193 Å². The quantitative estimate of drug-likeness (QED) is 0.230. The van der Waals surface area contributed by atoms with Crippen molar-refractivity contribution in [2.45, 2.75) is 6.42 Å². The second kappa shape index (κ2) is 8.22. The second-order valence-corrected chi connectivity index (χ2v) is 8.49. The van der Waals surface area contributed by atoms with Crippen LogP contribution in [-0.2, 0) is 19.1 Å². The molecule has 1 aliphatic heterocycles. The minimum Gasteiger partial charge on any atom is -0.452 e. The zero-order chi connectivity index (χ0) is 24.0. The van der Waals surface area contributed by atoms with Crippen LogP contribution in [0.1, 0.15) is 16.8 Å². The van der Waals surface area contributed by atoms with Crippen LogP contribution in [0.5, 0.6) is 0 Å². The number of nitro benzene ring substituents is 1. The van der Waals surface area contributed by atoms with Crippen molar-refractivity contribution < 1.29 is 28.8 Å². The van der Waals surface area contributed by atoms with Gasteiger partial charge in [-0.1, -0.05) is 24.3 Å². The van der Waals surface area contributed by atoms with E-state index in [1.807, 2.05) is 12.2 Å². The molecule has 10 heteroatoms. The van der Waals surface area contributed by atoms with E-state index in [-0.39, 0.29) is 52.4 Å². The van der Waals surface area contributed by atoms with Gasteiger partial charge in [-0.05, 0) is 42.5 Å². The summed E-state index contributed by atoms with van der Waals surface area (Å²) in [5, 5.41) is 13.3. The summed E-state index contributed by atoms with van der Waals surface area (Å²) in [5.41, 5.74) is 0.376. The Kier molecular flexibility index (Phi) is 5.20. The number of ether oxygens (including phenoxy) is 1. The molecule has 2 bridgehead atoms. The molecule has 10 nitrogen and oxygen atoms in total. The Morgan fingerprint density at radius 1 is 1.03 bits per heavy atom. The van der Waals surface area contributed by atoms with Crippen molar-refractivity contribution in [3.8, 4) is 0 Å². The lowest BCUT2D eigenvalue weighted by atomic mass is 9.85. The fourth-order valence-electron chi connectivity index (χ4n) is 5.04. The number of hydrogen-bond acceptors (Lipinski definition) is 7. The predicted molar refractivity (Wildman–Crippen MR) is 119 cm³/mol. The Hall–Kier alpha value is -4.34. The van der Waals surface area contributed by atoms with Crippen molar-refractivity contribution in [2.24, 2.45) is 23.7 Å². The first-order valence-corrected chi connectivity index (χ1v) is 10.7. The first-order valence-electron chi connectivity index (χ1n) is 10.7. The molecule has 2 aliphatic carbocycles. The average Bonchev–Trinajstić information content (AvgIpc) is 3.51. The number of amides is 3. The number of nitrogens with zero attached hydrogens (tertiary/aromatic N) is 2. The van der Waals surface area contributed by atoms with Crippen molar-refractivity contribution in [2.75, 3.05) is 16.8 Å². The van der Waals surface area contributed by atoms with Crippen LogP contribution in [0, 0.1) is 33.8 Å². The van der Waals surface area contributed by atoms with Crippen LogP contribution in [-0.4, -0.2) is 35.2 Å². The van der Waals surface area contributed by atoms with Crippen molar-refractivity contribution in [3.05, 3.63) is 76.4 Å². The zero-order valence-corrected chi connectivity index (χ0v) is 17.7. The van der Waals surface area contributed by atoms with E-state index in [9.17, 15) is 29.3 Å².